The van der Waals surface area contributed by atoms with Crippen LogP contribution in [0.2, 0.25) is 0 Å². The van der Waals surface area contributed by atoms with E-state index in [9.17, 15) is 5.11 Å². The van der Waals surface area contributed by atoms with E-state index >= 15 is 0 Å². The van der Waals surface area contributed by atoms with Gasteiger partial charge in [0.25, 0.3) is 0 Å². The van der Waals surface area contributed by atoms with Crippen LogP contribution in [0.4, 0.5) is 0 Å². The molecule has 25 heavy (non-hydrogen) atoms. The quantitative estimate of drug-likeness (QED) is 0.347. The van der Waals surface area contributed by atoms with Gasteiger partial charge >= 0.3 is 0 Å². The first-order valence-electron chi connectivity index (χ1n) is 7.78. The Bertz CT molecular complexity index is 749. The Morgan fingerprint density at radius 1 is 0.920 bits per heavy atom. The number of aliphatic hydroxyl groups excluding tert-OH is 1. The Balaban J connectivity index is 1.76. The van der Waals surface area contributed by atoms with E-state index in [0.29, 0.717) is 35.7 Å². The van der Waals surface area contributed by atoms with Crippen molar-refractivity contribution in [3.63, 3.8) is 0 Å². The maximum atomic E-state index is 9.98. The summed E-state index contributed by atoms with van der Waals surface area (Å²) in [5, 5.41) is 24.8. The lowest BCUT2D eigenvalue weighted by atomic mass is 10.2. The van der Waals surface area contributed by atoms with Gasteiger partial charge in [-0.25, -0.2) is 0 Å². The summed E-state index contributed by atoms with van der Waals surface area (Å²) in [5.74, 6) is 1.08. The van der Waals surface area contributed by atoms with Gasteiger partial charge in [-0.15, -0.1) is 0 Å². The number of benzene rings is 2. The van der Waals surface area contributed by atoms with Crippen LogP contribution in [0.25, 0.3) is 0 Å². The number of rotatable bonds is 9. The summed E-state index contributed by atoms with van der Waals surface area (Å²) in [4.78, 5) is 0. The van der Waals surface area contributed by atoms with E-state index in [1.54, 1.807) is 48.5 Å². The molecule has 2 aromatic carbocycles. The van der Waals surface area contributed by atoms with Crippen molar-refractivity contribution in [2.45, 2.75) is 12.5 Å². The van der Waals surface area contributed by atoms with Crippen LogP contribution in [0.3, 0.4) is 0 Å². The average molecular weight is 342 g/mol. The predicted molar refractivity (Wildman–Crippen MR) is 96.5 cm³/mol. The molecule has 0 aliphatic carbocycles. The minimum Gasteiger partial charge on any atom is -0.493 e. The maximum Gasteiger partial charge on any atom is 0.122 e. The Hall–Kier alpha value is -3.06. The van der Waals surface area contributed by atoms with Gasteiger partial charge in [-0.1, -0.05) is 24.3 Å². The zero-order valence-electron chi connectivity index (χ0n) is 13.7. The second kappa shape index (κ2) is 8.70. The molecule has 0 fully saturated rings. The molecule has 0 aliphatic heterocycles. The second-order valence-electron chi connectivity index (χ2n) is 5.48. The lowest BCUT2D eigenvalue weighted by molar-refractivity contribution is 0.0857. The number of nitrogens with two attached hydrogens (primary N) is 2. The van der Waals surface area contributed by atoms with E-state index in [2.05, 4.69) is 0 Å². The highest BCUT2D eigenvalue weighted by atomic mass is 16.5. The van der Waals surface area contributed by atoms with Crippen LogP contribution in [0.5, 0.6) is 11.5 Å². The fourth-order valence-corrected chi connectivity index (χ4v) is 2.10. The summed E-state index contributed by atoms with van der Waals surface area (Å²) >= 11 is 0. The molecule has 0 radical (unpaired) electrons. The van der Waals surface area contributed by atoms with Crippen molar-refractivity contribution in [1.29, 1.82) is 10.8 Å². The van der Waals surface area contributed by atoms with Gasteiger partial charge in [0.15, 0.2) is 0 Å². The summed E-state index contributed by atoms with van der Waals surface area (Å²) in [5.41, 5.74) is 12.0. The molecule has 0 saturated carbocycles. The van der Waals surface area contributed by atoms with Crippen LogP contribution < -0.4 is 20.9 Å². The van der Waals surface area contributed by atoms with E-state index in [1.165, 1.54) is 0 Å². The number of hydrogen-bond donors (Lipinski definition) is 5. The summed E-state index contributed by atoms with van der Waals surface area (Å²) in [6.07, 6.45) is -0.312. The van der Waals surface area contributed by atoms with Crippen molar-refractivity contribution >= 4 is 11.7 Å². The summed E-state index contributed by atoms with van der Waals surface area (Å²) in [6, 6.07) is 13.8. The Labute approximate surface area is 146 Å². The third-order valence-electron chi connectivity index (χ3n) is 3.45. The number of aliphatic hydroxyl groups is 1. The molecule has 0 spiro atoms. The van der Waals surface area contributed by atoms with Crippen LogP contribution >= 0.6 is 0 Å². The summed E-state index contributed by atoms with van der Waals surface area (Å²) < 4.78 is 11.1. The van der Waals surface area contributed by atoms with Crippen molar-refractivity contribution in [2.24, 2.45) is 11.5 Å². The third kappa shape index (κ3) is 5.82. The monoisotopic (exact) mass is 342 g/mol. The fourth-order valence-electron chi connectivity index (χ4n) is 2.10. The smallest absolute Gasteiger partial charge is 0.122 e. The number of nitrogen functional groups attached to an aromatic ring is 2. The molecule has 7 nitrogen and oxygen atoms in total. The average Bonchev–Trinajstić information content (AvgIpc) is 2.60. The normalized spacial score (nSPS) is 11.6. The summed E-state index contributed by atoms with van der Waals surface area (Å²) in [7, 11) is 0. The molecule has 0 aromatic heterocycles. The number of ether oxygens (including phenoxy) is 2. The molecule has 0 heterocycles. The van der Waals surface area contributed by atoms with Crippen LogP contribution in [-0.4, -0.2) is 36.1 Å². The van der Waals surface area contributed by atoms with Gasteiger partial charge in [-0.3, -0.25) is 10.8 Å². The SMILES string of the molecule is N=C(N)c1cccc(OCCC(O)COc2cccc(C(=N)N)c2)c1. The van der Waals surface area contributed by atoms with Crippen LogP contribution in [0, 0.1) is 10.8 Å². The van der Waals surface area contributed by atoms with Gasteiger partial charge in [0.05, 0.1) is 12.7 Å². The molecular formula is C18H22N4O3. The third-order valence-corrected chi connectivity index (χ3v) is 3.45. The minimum absolute atomic E-state index is 0.0216. The van der Waals surface area contributed by atoms with Crippen LogP contribution in [0.1, 0.15) is 17.5 Å². The van der Waals surface area contributed by atoms with Crippen molar-refractivity contribution in [1.82, 2.24) is 0 Å². The van der Waals surface area contributed by atoms with Gasteiger partial charge in [0, 0.05) is 17.5 Å². The van der Waals surface area contributed by atoms with Crippen molar-refractivity contribution in [3.05, 3.63) is 59.7 Å². The number of hydrogen-bond acceptors (Lipinski definition) is 5. The first kappa shape index (κ1) is 18.3. The van der Waals surface area contributed by atoms with Gasteiger partial charge < -0.3 is 26.0 Å². The molecule has 1 unspecified atom stereocenters. The van der Waals surface area contributed by atoms with Crippen LogP contribution in [-0.2, 0) is 0 Å². The number of amidine groups is 2. The standard InChI is InChI=1S/C18H22N4O3/c19-17(20)12-3-1-5-15(9-12)24-8-7-14(23)11-25-16-6-2-4-13(10-16)18(21)22/h1-6,9-10,14,23H,7-8,11H2,(H3,19,20)(H3,21,22). The molecule has 1 atom stereocenters. The number of nitrogens with one attached hydrogen (secondary N) is 2. The molecule has 0 amide bonds. The zero-order valence-corrected chi connectivity index (χ0v) is 13.7. The predicted octanol–water partition coefficient (Wildman–Crippen LogP) is 1.46. The first-order chi connectivity index (χ1) is 12.0. The van der Waals surface area contributed by atoms with Gasteiger partial charge in [0.2, 0.25) is 0 Å². The summed E-state index contributed by atoms with van der Waals surface area (Å²) in [6.45, 7) is 0.414. The molecule has 0 aliphatic rings. The molecule has 7 heteroatoms. The van der Waals surface area contributed by atoms with E-state index in [0.717, 1.165) is 0 Å². The van der Waals surface area contributed by atoms with E-state index in [-0.39, 0.29) is 18.3 Å². The molecular weight excluding hydrogens is 320 g/mol. The maximum absolute atomic E-state index is 9.98. The molecule has 2 aromatic rings. The molecule has 132 valence electrons. The molecule has 2 rings (SSSR count). The highest BCUT2D eigenvalue weighted by Gasteiger charge is 2.07. The molecule has 0 bridgehead atoms. The van der Waals surface area contributed by atoms with E-state index in [4.69, 9.17) is 31.8 Å². The second-order valence-corrected chi connectivity index (χ2v) is 5.48. The van der Waals surface area contributed by atoms with Crippen molar-refractivity contribution < 1.29 is 14.6 Å². The fraction of sp³-hybridized carbons (Fsp3) is 0.222. The van der Waals surface area contributed by atoms with Gasteiger partial charge in [-0.2, -0.15) is 0 Å². The molecule has 0 saturated heterocycles. The Morgan fingerprint density at radius 3 is 1.96 bits per heavy atom. The molecule has 7 N–H and O–H groups in total. The lowest BCUT2D eigenvalue weighted by Crippen LogP contribution is -2.20. The van der Waals surface area contributed by atoms with Crippen LogP contribution in [0.15, 0.2) is 48.5 Å². The lowest BCUT2D eigenvalue weighted by Gasteiger charge is -2.14. The Kier molecular flexibility index (Phi) is 6.36. The highest BCUT2D eigenvalue weighted by Crippen LogP contribution is 2.15. The van der Waals surface area contributed by atoms with Gasteiger partial charge in [0.1, 0.15) is 29.8 Å². The van der Waals surface area contributed by atoms with Gasteiger partial charge in [-0.05, 0) is 24.3 Å². The zero-order chi connectivity index (χ0) is 18.2. The highest BCUT2D eigenvalue weighted by molar-refractivity contribution is 5.95. The van der Waals surface area contributed by atoms with E-state index in [1.807, 2.05) is 0 Å². The van der Waals surface area contributed by atoms with Crippen molar-refractivity contribution in [3.8, 4) is 11.5 Å². The van der Waals surface area contributed by atoms with Crippen molar-refractivity contribution in [2.75, 3.05) is 13.2 Å². The Morgan fingerprint density at radius 2 is 1.44 bits per heavy atom. The minimum atomic E-state index is -0.697. The first-order valence-corrected chi connectivity index (χ1v) is 7.78. The topological polar surface area (TPSA) is 138 Å². The largest absolute Gasteiger partial charge is 0.493 e. The van der Waals surface area contributed by atoms with E-state index < -0.39 is 6.10 Å².